The van der Waals surface area contributed by atoms with Crippen LogP contribution < -0.4 is 0 Å². The lowest BCUT2D eigenvalue weighted by atomic mass is 10.2. The van der Waals surface area contributed by atoms with E-state index in [0.29, 0.717) is 19.0 Å². The highest BCUT2D eigenvalue weighted by Gasteiger charge is 2.34. The Kier molecular flexibility index (Phi) is 5.00. The number of carboxylic acids is 1. The number of hydrogen-bond donors (Lipinski definition) is 1. The molecule has 1 N–H and O–H groups in total. The zero-order chi connectivity index (χ0) is 15.4. The third-order valence-corrected chi connectivity index (χ3v) is 3.57. The SMILES string of the molecule is COC(=O)C1CN(C(=O)N(CC(=O)O)CC2CC2)CCO1. The smallest absolute Gasteiger partial charge is 0.336 e. The molecule has 1 atom stereocenters. The van der Waals surface area contributed by atoms with Gasteiger partial charge in [-0.25, -0.2) is 9.59 Å². The van der Waals surface area contributed by atoms with Crippen LogP contribution in [0.2, 0.25) is 0 Å². The first kappa shape index (κ1) is 15.6. The Hall–Kier alpha value is -1.83. The maximum atomic E-state index is 12.4. The molecule has 0 aromatic rings. The zero-order valence-corrected chi connectivity index (χ0v) is 12.0. The molecule has 21 heavy (non-hydrogen) atoms. The van der Waals surface area contributed by atoms with E-state index in [0.717, 1.165) is 12.8 Å². The molecule has 2 amide bonds. The van der Waals surface area contributed by atoms with Crippen molar-refractivity contribution in [3.8, 4) is 0 Å². The third kappa shape index (κ3) is 4.32. The zero-order valence-electron chi connectivity index (χ0n) is 12.0. The first-order valence-corrected chi connectivity index (χ1v) is 6.96. The van der Waals surface area contributed by atoms with Crippen molar-refractivity contribution in [2.24, 2.45) is 5.92 Å². The fraction of sp³-hybridized carbons (Fsp3) is 0.769. The molecule has 0 spiro atoms. The summed E-state index contributed by atoms with van der Waals surface area (Å²) in [4.78, 5) is 37.6. The maximum Gasteiger partial charge on any atom is 0.336 e. The number of carbonyl (C=O) groups excluding carboxylic acids is 2. The number of methoxy groups -OCH3 is 1. The fourth-order valence-corrected chi connectivity index (χ4v) is 2.28. The summed E-state index contributed by atoms with van der Waals surface area (Å²) < 4.78 is 9.87. The normalized spacial score (nSPS) is 21.8. The molecule has 1 heterocycles. The van der Waals surface area contributed by atoms with Crippen LogP contribution in [-0.2, 0) is 19.1 Å². The molecule has 0 aromatic carbocycles. The van der Waals surface area contributed by atoms with E-state index in [1.165, 1.54) is 16.9 Å². The van der Waals surface area contributed by atoms with E-state index < -0.39 is 18.0 Å². The van der Waals surface area contributed by atoms with Crippen LogP contribution in [0, 0.1) is 5.92 Å². The van der Waals surface area contributed by atoms with Crippen molar-refractivity contribution >= 4 is 18.0 Å². The quantitative estimate of drug-likeness (QED) is 0.705. The summed E-state index contributed by atoms with van der Waals surface area (Å²) in [5, 5.41) is 8.93. The third-order valence-electron chi connectivity index (χ3n) is 3.57. The Labute approximate surface area is 122 Å². The van der Waals surface area contributed by atoms with Gasteiger partial charge in [-0.1, -0.05) is 0 Å². The van der Waals surface area contributed by atoms with Crippen molar-refractivity contribution in [1.29, 1.82) is 0 Å². The number of ether oxygens (including phenoxy) is 2. The lowest BCUT2D eigenvalue weighted by Crippen LogP contribution is -2.54. The van der Waals surface area contributed by atoms with Crippen LogP contribution in [0.15, 0.2) is 0 Å². The molecule has 1 aliphatic carbocycles. The number of morpholine rings is 1. The lowest BCUT2D eigenvalue weighted by molar-refractivity contribution is -0.158. The number of urea groups is 1. The Morgan fingerprint density at radius 3 is 2.67 bits per heavy atom. The maximum absolute atomic E-state index is 12.4. The number of amides is 2. The second-order valence-corrected chi connectivity index (χ2v) is 5.33. The number of nitrogens with zero attached hydrogens (tertiary/aromatic N) is 2. The van der Waals surface area contributed by atoms with Crippen LogP contribution in [0.5, 0.6) is 0 Å². The summed E-state index contributed by atoms with van der Waals surface area (Å²) in [6.07, 6.45) is 1.24. The summed E-state index contributed by atoms with van der Waals surface area (Å²) in [6, 6.07) is -0.360. The molecule has 0 bridgehead atoms. The highest BCUT2D eigenvalue weighted by molar-refractivity contribution is 5.81. The van der Waals surface area contributed by atoms with Crippen LogP contribution in [0.4, 0.5) is 4.79 Å². The number of hydrogen-bond acceptors (Lipinski definition) is 5. The molecule has 2 rings (SSSR count). The van der Waals surface area contributed by atoms with Gasteiger partial charge >= 0.3 is 18.0 Å². The van der Waals surface area contributed by atoms with Gasteiger partial charge < -0.3 is 24.4 Å². The monoisotopic (exact) mass is 300 g/mol. The van der Waals surface area contributed by atoms with Crippen molar-refractivity contribution < 1.29 is 29.0 Å². The van der Waals surface area contributed by atoms with E-state index in [1.54, 1.807) is 0 Å². The van der Waals surface area contributed by atoms with Crippen molar-refractivity contribution in [2.75, 3.05) is 39.9 Å². The largest absolute Gasteiger partial charge is 0.480 e. The van der Waals surface area contributed by atoms with Gasteiger partial charge in [-0.3, -0.25) is 4.79 Å². The minimum Gasteiger partial charge on any atom is -0.480 e. The molecule has 8 nitrogen and oxygen atoms in total. The van der Waals surface area contributed by atoms with Crippen molar-refractivity contribution in [2.45, 2.75) is 18.9 Å². The number of aliphatic carboxylic acids is 1. The van der Waals surface area contributed by atoms with Gasteiger partial charge in [0, 0.05) is 13.1 Å². The van der Waals surface area contributed by atoms with Crippen molar-refractivity contribution in [1.82, 2.24) is 9.80 Å². The predicted molar refractivity (Wildman–Crippen MR) is 70.7 cm³/mol. The molecule has 1 unspecified atom stereocenters. The summed E-state index contributed by atoms with van der Waals surface area (Å²) in [6.45, 7) is 0.788. The number of carboxylic acid groups (broad SMARTS) is 1. The Bertz CT molecular complexity index is 423. The predicted octanol–water partition coefficient (Wildman–Crippen LogP) is -0.223. The summed E-state index contributed by atoms with van der Waals surface area (Å²) in [5.41, 5.74) is 0. The first-order valence-electron chi connectivity index (χ1n) is 6.96. The second-order valence-electron chi connectivity index (χ2n) is 5.33. The van der Waals surface area contributed by atoms with Crippen molar-refractivity contribution in [3.05, 3.63) is 0 Å². The summed E-state index contributed by atoms with van der Waals surface area (Å²) in [5.74, 6) is -1.17. The van der Waals surface area contributed by atoms with E-state index >= 15 is 0 Å². The topological polar surface area (TPSA) is 96.4 Å². The lowest BCUT2D eigenvalue weighted by Gasteiger charge is -2.35. The standard InChI is InChI=1S/C13H20N2O6/c1-20-12(18)10-7-14(4-5-21-10)13(19)15(8-11(16)17)6-9-2-3-9/h9-10H,2-8H2,1H3,(H,16,17). The van der Waals surface area contributed by atoms with Crippen molar-refractivity contribution in [3.63, 3.8) is 0 Å². The molecule has 118 valence electrons. The van der Waals surface area contributed by atoms with Gasteiger partial charge in [0.15, 0.2) is 6.10 Å². The van der Waals surface area contributed by atoms with Crippen LogP contribution in [-0.4, -0.2) is 78.9 Å². The average Bonchev–Trinajstić information content (AvgIpc) is 3.28. The molecule has 1 saturated carbocycles. The van der Waals surface area contributed by atoms with Gasteiger partial charge in [0.1, 0.15) is 6.54 Å². The fourth-order valence-electron chi connectivity index (χ4n) is 2.28. The summed E-state index contributed by atoms with van der Waals surface area (Å²) >= 11 is 0. The van der Waals surface area contributed by atoms with Gasteiger partial charge in [0.25, 0.3) is 0 Å². The van der Waals surface area contributed by atoms with Gasteiger partial charge in [0.05, 0.1) is 20.3 Å². The Balaban J connectivity index is 1.97. The molecular formula is C13H20N2O6. The molecule has 1 saturated heterocycles. The van der Waals surface area contributed by atoms with E-state index in [1.807, 2.05) is 0 Å². The van der Waals surface area contributed by atoms with Crippen LogP contribution in [0.25, 0.3) is 0 Å². The van der Waals surface area contributed by atoms with Gasteiger partial charge in [0.2, 0.25) is 0 Å². The first-order chi connectivity index (χ1) is 10.0. The highest BCUT2D eigenvalue weighted by atomic mass is 16.6. The molecule has 8 heteroatoms. The molecule has 1 aliphatic heterocycles. The molecule has 0 aromatic heterocycles. The van der Waals surface area contributed by atoms with Gasteiger partial charge in [-0.05, 0) is 18.8 Å². The molecule has 2 fully saturated rings. The summed E-state index contributed by atoms with van der Waals surface area (Å²) in [7, 11) is 1.26. The minimum atomic E-state index is -1.04. The van der Waals surface area contributed by atoms with Gasteiger partial charge in [-0.2, -0.15) is 0 Å². The molecular weight excluding hydrogens is 280 g/mol. The molecule has 0 radical (unpaired) electrons. The van der Waals surface area contributed by atoms with E-state index in [2.05, 4.69) is 4.74 Å². The van der Waals surface area contributed by atoms with Crippen LogP contribution >= 0.6 is 0 Å². The minimum absolute atomic E-state index is 0.0896. The van der Waals surface area contributed by atoms with E-state index in [9.17, 15) is 14.4 Å². The van der Waals surface area contributed by atoms with Crippen LogP contribution in [0.3, 0.4) is 0 Å². The molecule has 2 aliphatic rings. The van der Waals surface area contributed by atoms with E-state index in [-0.39, 0.29) is 25.7 Å². The number of esters is 1. The average molecular weight is 300 g/mol. The highest BCUT2D eigenvalue weighted by Crippen LogP contribution is 2.30. The van der Waals surface area contributed by atoms with E-state index in [4.69, 9.17) is 9.84 Å². The Morgan fingerprint density at radius 1 is 1.38 bits per heavy atom. The number of carbonyl (C=O) groups is 3. The Morgan fingerprint density at radius 2 is 2.10 bits per heavy atom. The van der Waals surface area contributed by atoms with Gasteiger partial charge in [-0.15, -0.1) is 0 Å². The van der Waals surface area contributed by atoms with Crippen LogP contribution in [0.1, 0.15) is 12.8 Å². The number of rotatable bonds is 5. The second kappa shape index (κ2) is 6.75.